The SMILES string of the molecule is CNCCC1CCN(C(=O)c2ccccc2SC)CC1.Cl. The number of hydrogen-bond donors (Lipinski definition) is 1. The minimum atomic E-state index is 0. The van der Waals surface area contributed by atoms with Crippen LogP contribution in [0.2, 0.25) is 0 Å². The maximum absolute atomic E-state index is 12.6. The summed E-state index contributed by atoms with van der Waals surface area (Å²) in [6.07, 6.45) is 5.51. The summed E-state index contributed by atoms with van der Waals surface area (Å²) in [4.78, 5) is 15.7. The van der Waals surface area contributed by atoms with Gasteiger partial charge in [-0.05, 0) is 57.2 Å². The third kappa shape index (κ3) is 4.90. The van der Waals surface area contributed by atoms with Crippen molar-refractivity contribution in [3.63, 3.8) is 0 Å². The van der Waals surface area contributed by atoms with Gasteiger partial charge in [-0.2, -0.15) is 0 Å². The lowest BCUT2D eigenvalue weighted by molar-refractivity contribution is 0.0683. The van der Waals surface area contributed by atoms with Gasteiger partial charge in [-0.1, -0.05) is 12.1 Å². The van der Waals surface area contributed by atoms with E-state index in [4.69, 9.17) is 0 Å². The minimum Gasteiger partial charge on any atom is -0.339 e. The monoisotopic (exact) mass is 328 g/mol. The number of benzene rings is 1. The number of thioether (sulfide) groups is 1. The lowest BCUT2D eigenvalue weighted by Gasteiger charge is -2.32. The van der Waals surface area contributed by atoms with Crippen molar-refractivity contribution >= 4 is 30.1 Å². The highest BCUT2D eigenvalue weighted by molar-refractivity contribution is 7.98. The van der Waals surface area contributed by atoms with Crippen molar-refractivity contribution in [3.8, 4) is 0 Å². The summed E-state index contributed by atoms with van der Waals surface area (Å²) in [5.41, 5.74) is 0.855. The number of hydrogen-bond acceptors (Lipinski definition) is 3. The molecule has 3 nitrogen and oxygen atoms in total. The average Bonchev–Trinajstić information content (AvgIpc) is 2.52. The molecule has 1 amide bonds. The molecule has 0 spiro atoms. The molecule has 5 heteroatoms. The highest BCUT2D eigenvalue weighted by Gasteiger charge is 2.24. The number of likely N-dealkylation sites (tertiary alicyclic amines) is 1. The van der Waals surface area contributed by atoms with Crippen LogP contribution in [0.4, 0.5) is 0 Å². The summed E-state index contributed by atoms with van der Waals surface area (Å²) in [6, 6.07) is 7.91. The second kappa shape index (κ2) is 9.34. The number of amides is 1. The number of halogens is 1. The number of carbonyl (C=O) groups excluding carboxylic acids is 1. The highest BCUT2D eigenvalue weighted by Crippen LogP contribution is 2.25. The zero-order valence-corrected chi connectivity index (χ0v) is 14.4. The van der Waals surface area contributed by atoms with Gasteiger partial charge < -0.3 is 10.2 Å². The molecule has 1 aromatic carbocycles. The van der Waals surface area contributed by atoms with Crippen molar-refractivity contribution < 1.29 is 4.79 Å². The average molecular weight is 329 g/mol. The Hall–Kier alpha value is -0.710. The lowest BCUT2D eigenvalue weighted by Crippen LogP contribution is -2.39. The van der Waals surface area contributed by atoms with Crippen LogP contribution in [0.3, 0.4) is 0 Å². The topological polar surface area (TPSA) is 32.3 Å². The van der Waals surface area contributed by atoms with E-state index in [1.165, 1.54) is 6.42 Å². The van der Waals surface area contributed by atoms with E-state index >= 15 is 0 Å². The zero-order valence-electron chi connectivity index (χ0n) is 12.8. The van der Waals surface area contributed by atoms with Crippen LogP contribution in [0, 0.1) is 5.92 Å². The molecule has 0 aromatic heterocycles. The van der Waals surface area contributed by atoms with Crippen molar-refractivity contribution in [1.29, 1.82) is 0 Å². The second-order valence-corrected chi connectivity index (χ2v) is 6.18. The third-order valence-electron chi connectivity index (χ3n) is 4.04. The maximum atomic E-state index is 12.6. The van der Waals surface area contributed by atoms with E-state index in [1.807, 2.05) is 42.5 Å². The summed E-state index contributed by atoms with van der Waals surface area (Å²) in [6.45, 7) is 2.87. The van der Waals surface area contributed by atoms with Crippen LogP contribution >= 0.6 is 24.2 Å². The first-order chi connectivity index (χ1) is 9.76. The Morgan fingerprint density at radius 1 is 1.33 bits per heavy atom. The normalized spacial score (nSPS) is 15.6. The molecule has 2 rings (SSSR count). The van der Waals surface area contributed by atoms with E-state index in [9.17, 15) is 4.79 Å². The summed E-state index contributed by atoms with van der Waals surface area (Å²) in [7, 11) is 2.00. The number of rotatable bonds is 5. The van der Waals surface area contributed by atoms with Gasteiger partial charge >= 0.3 is 0 Å². The summed E-state index contributed by atoms with van der Waals surface area (Å²) in [5, 5.41) is 3.21. The number of nitrogens with one attached hydrogen (secondary N) is 1. The fourth-order valence-electron chi connectivity index (χ4n) is 2.76. The Morgan fingerprint density at radius 3 is 2.62 bits per heavy atom. The Kier molecular flexibility index (Phi) is 8.15. The second-order valence-electron chi connectivity index (χ2n) is 5.33. The molecule has 0 radical (unpaired) electrons. The van der Waals surface area contributed by atoms with E-state index in [-0.39, 0.29) is 18.3 Å². The standard InChI is InChI=1S/C16H24N2OS.ClH/c1-17-10-7-13-8-11-18(12-9-13)16(19)14-5-3-4-6-15(14)20-2;/h3-6,13,17H,7-12H2,1-2H3;1H. The van der Waals surface area contributed by atoms with Gasteiger partial charge in [0.15, 0.2) is 0 Å². The molecule has 0 bridgehead atoms. The van der Waals surface area contributed by atoms with Crippen molar-refractivity contribution in [2.45, 2.75) is 24.2 Å². The molecule has 0 saturated carbocycles. The molecule has 1 fully saturated rings. The Morgan fingerprint density at radius 2 is 2.00 bits per heavy atom. The fraction of sp³-hybridized carbons (Fsp3) is 0.562. The first-order valence-corrected chi connectivity index (χ1v) is 8.55. The molecule has 1 aliphatic rings. The molecule has 1 saturated heterocycles. The molecule has 0 unspecified atom stereocenters. The summed E-state index contributed by atoms with van der Waals surface area (Å²) >= 11 is 1.64. The Bertz CT molecular complexity index is 448. The van der Waals surface area contributed by atoms with Crippen LogP contribution in [0.5, 0.6) is 0 Å². The van der Waals surface area contributed by atoms with Gasteiger partial charge in [0.2, 0.25) is 0 Å². The molecule has 1 aromatic rings. The van der Waals surface area contributed by atoms with Gasteiger partial charge in [0, 0.05) is 18.0 Å². The minimum absolute atomic E-state index is 0. The maximum Gasteiger partial charge on any atom is 0.254 e. The third-order valence-corrected chi connectivity index (χ3v) is 4.84. The van der Waals surface area contributed by atoms with Crippen LogP contribution in [-0.2, 0) is 0 Å². The number of piperidine rings is 1. The van der Waals surface area contributed by atoms with E-state index in [2.05, 4.69) is 5.32 Å². The summed E-state index contributed by atoms with van der Waals surface area (Å²) < 4.78 is 0. The van der Waals surface area contributed by atoms with Crippen molar-refractivity contribution in [1.82, 2.24) is 10.2 Å². The predicted molar refractivity (Wildman–Crippen MR) is 92.6 cm³/mol. The zero-order chi connectivity index (χ0) is 14.4. The molecule has 118 valence electrons. The molecule has 1 aliphatic heterocycles. The molecular formula is C16H25ClN2OS. The van der Waals surface area contributed by atoms with Crippen LogP contribution in [0.15, 0.2) is 29.2 Å². The molecule has 1 heterocycles. The molecule has 21 heavy (non-hydrogen) atoms. The molecule has 0 atom stereocenters. The fourth-order valence-corrected chi connectivity index (χ4v) is 3.35. The van der Waals surface area contributed by atoms with E-state index in [1.54, 1.807) is 11.8 Å². The van der Waals surface area contributed by atoms with Gasteiger partial charge in [0.05, 0.1) is 5.56 Å². The van der Waals surface area contributed by atoms with Crippen LogP contribution < -0.4 is 5.32 Å². The van der Waals surface area contributed by atoms with Gasteiger partial charge in [-0.3, -0.25) is 4.79 Å². The number of nitrogens with zero attached hydrogens (tertiary/aromatic N) is 1. The highest BCUT2D eigenvalue weighted by atomic mass is 35.5. The predicted octanol–water partition coefficient (Wildman–Crippen LogP) is 3.29. The van der Waals surface area contributed by atoms with Gasteiger partial charge in [-0.15, -0.1) is 24.2 Å². The molecular weight excluding hydrogens is 304 g/mol. The largest absolute Gasteiger partial charge is 0.339 e. The van der Waals surface area contributed by atoms with E-state index in [0.717, 1.165) is 48.9 Å². The van der Waals surface area contributed by atoms with Crippen LogP contribution in [0.1, 0.15) is 29.6 Å². The van der Waals surface area contributed by atoms with Crippen molar-refractivity contribution in [2.75, 3.05) is 32.9 Å². The van der Waals surface area contributed by atoms with Crippen LogP contribution in [-0.4, -0.2) is 43.7 Å². The quantitative estimate of drug-likeness (QED) is 0.842. The molecule has 0 aliphatic carbocycles. The van der Waals surface area contributed by atoms with Crippen molar-refractivity contribution in [3.05, 3.63) is 29.8 Å². The first-order valence-electron chi connectivity index (χ1n) is 7.33. The van der Waals surface area contributed by atoms with Gasteiger partial charge in [0.25, 0.3) is 5.91 Å². The Labute approximate surface area is 138 Å². The first kappa shape index (κ1) is 18.3. The Balaban J connectivity index is 0.00000220. The van der Waals surface area contributed by atoms with E-state index < -0.39 is 0 Å². The van der Waals surface area contributed by atoms with Crippen molar-refractivity contribution in [2.24, 2.45) is 5.92 Å². The number of carbonyl (C=O) groups is 1. The van der Waals surface area contributed by atoms with Gasteiger partial charge in [0.1, 0.15) is 0 Å². The summed E-state index contributed by atoms with van der Waals surface area (Å²) in [5.74, 6) is 0.962. The lowest BCUT2D eigenvalue weighted by atomic mass is 9.93. The van der Waals surface area contributed by atoms with Gasteiger partial charge in [-0.25, -0.2) is 0 Å². The smallest absolute Gasteiger partial charge is 0.254 e. The van der Waals surface area contributed by atoms with Crippen LogP contribution in [0.25, 0.3) is 0 Å². The molecule has 1 N–H and O–H groups in total. The van der Waals surface area contributed by atoms with E-state index in [0.29, 0.717) is 0 Å².